The van der Waals surface area contributed by atoms with Crippen LogP contribution in [0.2, 0.25) is 0 Å². The Morgan fingerprint density at radius 3 is 0.879 bits per heavy atom. The number of rotatable bonds is 0. The Kier molecular flexibility index (Phi) is 4.07. The Bertz CT molecular complexity index is 1220. The van der Waals surface area contributed by atoms with Crippen LogP contribution in [0.3, 0.4) is 0 Å². The van der Waals surface area contributed by atoms with E-state index in [0.29, 0.717) is 22.3 Å². The first-order valence-corrected chi connectivity index (χ1v) is 9.84. The van der Waals surface area contributed by atoms with Crippen molar-refractivity contribution in [3.63, 3.8) is 0 Å². The summed E-state index contributed by atoms with van der Waals surface area (Å²) in [5.41, 5.74) is 1.50. The normalized spacial score (nSPS) is 14.7. The molecule has 4 aromatic carbocycles. The van der Waals surface area contributed by atoms with Crippen molar-refractivity contribution in [1.82, 2.24) is 0 Å². The molecule has 0 amide bonds. The molecule has 0 bridgehead atoms. The first kappa shape index (κ1) is 19.5. The minimum atomic E-state index is -2.50. The van der Waals surface area contributed by atoms with Crippen molar-refractivity contribution in [2.75, 3.05) is 0 Å². The Labute approximate surface area is 184 Å². The smallest absolute Gasteiger partial charge is 0.385 e. The summed E-state index contributed by atoms with van der Waals surface area (Å²) in [4.78, 5) is 0. The summed E-state index contributed by atoms with van der Waals surface area (Å²) >= 11 is 0. The lowest BCUT2D eigenvalue weighted by Crippen LogP contribution is -2.53. The van der Waals surface area contributed by atoms with Gasteiger partial charge in [0.1, 0.15) is 46.3 Å². The van der Waals surface area contributed by atoms with Crippen LogP contribution < -0.4 is 18.9 Å². The van der Waals surface area contributed by atoms with E-state index in [1.54, 1.807) is 0 Å². The second kappa shape index (κ2) is 6.90. The molecular weight excluding hydrogens is 440 g/mol. The monoisotopic (exact) mass is 452 g/mol. The summed E-state index contributed by atoms with van der Waals surface area (Å²) in [6.45, 7) is 0. The van der Waals surface area contributed by atoms with E-state index in [2.05, 4.69) is 0 Å². The third-order valence-corrected chi connectivity index (χ3v) is 5.29. The fourth-order valence-corrected chi connectivity index (χ4v) is 3.88. The molecule has 2 aliphatic heterocycles. The molecule has 0 N–H and O–H groups in total. The van der Waals surface area contributed by atoms with Gasteiger partial charge in [0.25, 0.3) is 0 Å². The summed E-state index contributed by atoms with van der Waals surface area (Å²) in [6, 6.07) is 14.9. The molecule has 8 heteroatoms. The highest BCUT2D eigenvalue weighted by Gasteiger charge is 2.49. The lowest BCUT2D eigenvalue weighted by molar-refractivity contribution is -0.364. The summed E-state index contributed by atoms with van der Waals surface area (Å²) in [5, 5.41) is 0. The van der Waals surface area contributed by atoms with Gasteiger partial charge >= 0.3 is 6.16 Å². The van der Waals surface area contributed by atoms with Crippen LogP contribution in [0.4, 0.5) is 17.6 Å². The average molecular weight is 452 g/mol. The van der Waals surface area contributed by atoms with E-state index < -0.39 is 29.4 Å². The van der Waals surface area contributed by atoms with Gasteiger partial charge in [-0.15, -0.1) is 0 Å². The van der Waals surface area contributed by atoms with Crippen LogP contribution in [-0.4, -0.2) is 6.16 Å². The van der Waals surface area contributed by atoms with Crippen molar-refractivity contribution in [3.8, 4) is 45.3 Å². The standard InChI is InChI=1S/C25H12F4O4/c26-13-1-5-17-18-6-2-14(27)10-22(18)31-25(30-21(17)9-13)32-23-11-15(28)3-7-19(23)20-8-4-16(29)12-24(20)33-25/h1-12H. The molecule has 2 aliphatic rings. The van der Waals surface area contributed by atoms with Crippen molar-refractivity contribution in [2.24, 2.45) is 0 Å². The van der Waals surface area contributed by atoms with Gasteiger partial charge in [-0.25, -0.2) is 17.6 Å². The molecule has 0 fully saturated rings. The van der Waals surface area contributed by atoms with Crippen LogP contribution >= 0.6 is 0 Å². The Morgan fingerprint density at radius 2 is 0.636 bits per heavy atom. The third-order valence-electron chi connectivity index (χ3n) is 5.29. The molecule has 0 saturated heterocycles. The molecule has 164 valence electrons. The molecule has 0 radical (unpaired) electrons. The molecule has 0 unspecified atom stereocenters. The van der Waals surface area contributed by atoms with Crippen LogP contribution in [0.5, 0.6) is 23.0 Å². The fourth-order valence-electron chi connectivity index (χ4n) is 3.88. The molecule has 33 heavy (non-hydrogen) atoms. The minimum absolute atomic E-state index is 0.0434. The minimum Gasteiger partial charge on any atom is -0.385 e. The second-order valence-corrected chi connectivity index (χ2v) is 7.47. The van der Waals surface area contributed by atoms with Crippen molar-refractivity contribution >= 4 is 0 Å². The van der Waals surface area contributed by atoms with Gasteiger partial charge in [0.2, 0.25) is 0 Å². The molecule has 1 spiro atoms. The van der Waals surface area contributed by atoms with E-state index in [9.17, 15) is 17.6 Å². The highest BCUT2D eigenvalue weighted by molar-refractivity contribution is 5.78. The Morgan fingerprint density at radius 1 is 0.394 bits per heavy atom. The van der Waals surface area contributed by atoms with Crippen molar-refractivity contribution in [1.29, 1.82) is 0 Å². The first-order valence-electron chi connectivity index (χ1n) is 9.84. The number of benzene rings is 4. The number of fused-ring (bicyclic) bond motifs is 6. The van der Waals surface area contributed by atoms with Crippen molar-refractivity contribution in [2.45, 2.75) is 6.16 Å². The molecule has 0 aliphatic carbocycles. The molecule has 4 nitrogen and oxygen atoms in total. The predicted molar refractivity (Wildman–Crippen MR) is 109 cm³/mol. The maximum Gasteiger partial charge on any atom is 0.611 e. The summed E-state index contributed by atoms with van der Waals surface area (Å²) in [6.07, 6.45) is -2.50. The van der Waals surface area contributed by atoms with Gasteiger partial charge < -0.3 is 18.9 Å². The zero-order valence-electron chi connectivity index (χ0n) is 16.6. The van der Waals surface area contributed by atoms with Gasteiger partial charge in [0.15, 0.2) is 0 Å². The first-order chi connectivity index (χ1) is 15.9. The zero-order chi connectivity index (χ0) is 22.7. The van der Waals surface area contributed by atoms with Crippen LogP contribution in [-0.2, 0) is 0 Å². The van der Waals surface area contributed by atoms with E-state index in [0.717, 1.165) is 24.3 Å². The summed E-state index contributed by atoms with van der Waals surface area (Å²) < 4.78 is 80.1. The number of hydrogen-bond acceptors (Lipinski definition) is 4. The average Bonchev–Trinajstić information content (AvgIpc) is 2.95. The largest absolute Gasteiger partial charge is 0.611 e. The van der Waals surface area contributed by atoms with Gasteiger partial charge in [-0.2, -0.15) is 0 Å². The van der Waals surface area contributed by atoms with Gasteiger partial charge in [-0.3, -0.25) is 0 Å². The topological polar surface area (TPSA) is 36.9 Å². The van der Waals surface area contributed by atoms with E-state index >= 15 is 0 Å². The third kappa shape index (κ3) is 3.22. The van der Waals surface area contributed by atoms with E-state index in [1.807, 2.05) is 0 Å². The van der Waals surface area contributed by atoms with Gasteiger partial charge in [0, 0.05) is 46.5 Å². The van der Waals surface area contributed by atoms with E-state index in [-0.39, 0.29) is 23.0 Å². The lowest BCUT2D eigenvalue weighted by atomic mass is 10.0. The molecule has 6 rings (SSSR count). The Hall–Kier alpha value is -4.20. The zero-order valence-corrected chi connectivity index (χ0v) is 16.6. The van der Waals surface area contributed by atoms with Gasteiger partial charge in [-0.1, -0.05) is 0 Å². The second-order valence-electron chi connectivity index (χ2n) is 7.47. The van der Waals surface area contributed by atoms with Gasteiger partial charge in [-0.05, 0) is 48.5 Å². The predicted octanol–water partition coefficient (Wildman–Crippen LogP) is 6.43. The summed E-state index contributed by atoms with van der Waals surface area (Å²) in [7, 11) is 0. The molecule has 2 heterocycles. The maximum absolute atomic E-state index is 14.1. The summed E-state index contributed by atoms with van der Waals surface area (Å²) in [5.74, 6) is -2.67. The van der Waals surface area contributed by atoms with Gasteiger partial charge in [0.05, 0.1) is 0 Å². The SMILES string of the molecule is Fc1ccc2c(c1)OC1(Oc3cc(F)ccc3-2)Oc2cc(F)ccc2-c2ccc(F)cc2O1. The van der Waals surface area contributed by atoms with Crippen LogP contribution in [0, 0.1) is 23.3 Å². The maximum atomic E-state index is 14.1. The quantitative estimate of drug-likeness (QED) is 0.288. The molecule has 4 aromatic rings. The van der Waals surface area contributed by atoms with E-state index in [4.69, 9.17) is 18.9 Å². The molecular formula is C25H12F4O4. The number of hydrogen-bond donors (Lipinski definition) is 0. The molecule has 0 saturated carbocycles. The Balaban J connectivity index is 1.62. The number of halogens is 4. The molecule has 0 aromatic heterocycles. The van der Waals surface area contributed by atoms with Crippen LogP contribution in [0.1, 0.15) is 0 Å². The highest BCUT2D eigenvalue weighted by atomic mass is 19.1. The van der Waals surface area contributed by atoms with Crippen LogP contribution in [0.15, 0.2) is 72.8 Å². The van der Waals surface area contributed by atoms with Crippen molar-refractivity contribution in [3.05, 3.63) is 96.1 Å². The molecule has 0 atom stereocenters. The fraction of sp³-hybridized carbons (Fsp3) is 0.0400. The van der Waals surface area contributed by atoms with Crippen LogP contribution in [0.25, 0.3) is 22.3 Å². The van der Waals surface area contributed by atoms with E-state index in [1.165, 1.54) is 48.5 Å². The number of ether oxygens (including phenoxy) is 4. The highest BCUT2D eigenvalue weighted by Crippen LogP contribution is 2.48. The lowest BCUT2D eigenvalue weighted by Gasteiger charge is -2.30. The van der Waals surface area contributed by atoms with Crippen molar-refractivity contribution < 1.29 is 36.5 Å².